The normalized spacial score (nSPS) is 12.2. The topological polar surface area (TPSA) is 73.8 Å². The molecule has 166 valence electrons. The standard InChI is InChI=1S/C25H19ClN2O4S/c1-2-31-12-11-28-20-9-8-16(26)13-22(20)33-25(28)27-23(29)19-14-18-17-6-4-3-5-15(17)7-10-21(18)32-24(19)30/h3-10,13-14H,2,11-12H2,1H3. The first kappa shape index (κ1) is 21.6. The Morgan fingerprint density at radius 1 is 1.12 bits per heavy atom. The maximum absolute atomic E-state index is 13.1. The highest BCUT2D eigenvalue weighted by atomic mass is 35.5. The summed E-state index contributed by atoms with van der Waals surface area (Å²) in [4.78, 5) is 30.5. The van der Waals surface area contributed by atoms with Gasteiger partial charge in [0.15, 0.2) is 4.80 Å². The molecule has 2 heterocycles. The van der Waals surface area contributed by atoms with E-state index in [1.165, 1.54) is 11.3 Å². The molecule has 0 atom stereocenters. The average Bonchev–Trinajstić information content (AvgIpc) is 3.14. The Morgan fingerprint density at radius 2 is 1.97 bits per heavy atom. The molecule has 0 saturated carbocycles. The third-order valence-electron chi connectivity index (χ3n) is 5.38. The predicted octanol–water partition coefficient (Wildman–Crippen LogP) is 5.39. The molecule has 5 aromatic rings. The van der Waals surface area contributed by atoms with Crippen LogP contribution in [0.25, 0.3) is 32.0 Å². The second-order valence-electron chi connectivity index (χ2n) is 7.41. The molecular weight excluding hydrogens is 460 g/mol. The van der Waals surface area contributed by atoms with Crippen molar-refractivity contribution in [2.75, 3.05) is 13.2 Å². The Bertz CT molecular complexity index is 1650. The summed E-state index contributed by atoms with van der Waals surface area (Å²) in [6, 6.07) is 18.4. The molecule has 8 heteroatoms. The van der Waals surface area contributed by atoms with E-state index in [-0.39, 0.29) is 5.56 Å². The lowest BCUT2D eigenvalue weighted by atomic mass is 10.0. The van der Waals surface area contributed by atoms with E-state index in [2.05, 4.69) is 4.99 Å². The fraction of sp³-hybridized carbons (Fsp3) is 0.160. The summed E-state index contributed by atoms with van der Waals surface area (Å²) in [5.41, 5.74) is 0.507. The lowest BCUT2D eigenvalue weighted by Crippen LogP contribution is -2.21. The van der Waals surface area contributed by atoms with Gasteiger partial charge in [-0.1, -0.05) is 53.3 Å². The van der Waals surface area contributed by atoms with Gasteiger partial charge in [0.1, 0.15) is 11.1 Å². The molecular formula is C25H19ClN2O4S. The number of carbonyl (C=O) groups is 1. The quantitative estimate of drug-likeness (QED) is 0.193. The third-order valence-corrected chi connectivity index (χ3v) is 6.65. The SMILES string of the molecule is CCOCCn1c(=NC(=O)c2cc3c(ccc4ccccc43)oc2=O)sc2cc(Cl)ccc21. The zero-order valence-electron chi connectivity index (χ0n) is 17.7. The second-order valence-corrected chi connectivity index (χ2v) is 8.85. The van der Waals surface area contributed by atoms with Crippen LogP contribution in [-0.2, 0) is 11.3 Å². The second kappa shape index (κ2) is 8.94. The molecule has 0 saturated heterocycles. The zero-order valence-corrected chi connectivity index (χ0v) is 19.3. The minimum Gasteiger partial charge on any atom is -0.422 e. The highest BCUT2D eigenvalue weighted by molar-refractivity contribution is 7.16. The fourth-order valence-corrected chi connectivity index (χ4v) is 5.15. The molecule has 0 unspecified atom stereocenters. The first-order chi connectivity index (χ1) is 16.0. The van der Waals surface area contributed by atoms with Crippen LogP contribution in [-0.4, -0.2) is 23.7 Å². The number of rotatable bonds is 5. The first-order valence-corrected chi connectivity index (χ1v) is 11.7. The van der Waals surface area contributed by atoms with Gasteiger partial charge in [0.2, 0.25) is 0 Å². The number of fused-ring (bicyclic) bond motifs is 4. The Kier molecular flexibility index (Phi) is 5.85. The highest BCUT2D eigenvalue weighted by Gasteiger charge is 2.16. The van der Waals surface area contributed by atoms with Crippen LogP contribution in [0.4, 0.5) is 0 Å². The summed E-state index contributed by atoms with van der Waals surface area (Å²) in [7, 11) is 0. The van der Waals surface area contributed by atoms with Gasteiger partial charge in [0, 0.05) is 23.6 Å². The molecule has 0 spiro atoms. The molecule has 3 aromatic carbocycles. The van der Waals surface area contributed by atoms with Crippen LogP contribution in [0.2, 0.25) is 5.02 Å². The van der Waals surface area contributed by atoms with Gasteiger partial charge in [-0.2, -0.15) is 4.99 Å². The molecule has 0 radical (unpaired) electrons. The van der Waals surface area contributed by atoms with Crippen molar-refractivity contribution >= 4 is 60.8 Å². The lowest BCUT2D eigenvalue weighted by molar-refractivity contribution is 0.0993. The highest BCUT2D eigenvalue weighted by Crippen LogP contribution is 2.25. The number of hydrogen-bond donors (Lipinski definition) is 0. The molecule has 0 N–H and O–H groups in total. The molecule has 0 aliphatic rings. The van der Waals surface area contributed by atoms with E-state index >= 15 is 0 Å². The fourth-order valence-electron chi connectivity index (χ4n) is 3.82. The molecule has 0 aliphatic carbocycles. The number of benzene rings is 3. The zero-order chi connectivity index (χ0) is 22.9. The largest absolute Gasteiger partial charge is 0.422 e. The minimum atomic E-state index is -0.712. The van der Waals surface area contributed by atoms with Gasteiger partial charge < -0.3 is 13.7 Å². The predicted molar refractivity (Wildman–Crippen MR) is 131 cm³/mol. The van der Waals surface area contributed by atoms with E-state index in [4.69, 9.17) is 20.8 Å². The van der Waals surface area contributed by atoms with Crippen LogP contribution in [0.1, 0.15) is 17.3 Å². The number of aromatic nitrogens is 1. The third kappa shape index (κ3) is 4.11. The van der Waals surface area contributed by atoms with E-state index in [9.17, 15) is 9.59 Å². The van der Waals surface area contributed by atoms with Crippen molar-refractivity contribution in [2.24, 2.45) is 4.99 Å². The van der Waals surface area contributed by atoms with Gasteiger partial charge in [-0.3, -0.25) is 4.79 Å². The molecule has 6 nitrogen and oxygen atoms in total. The van der Waals surface area contributed by atoms with Crippen molar-refractivity contribution in [2.45, 2.75) is 13.5 Å². The van der Waals surface area contributed by atoms with E-state index in [1.807, 2.05) is 54.0 Å². The number of ether oxygens (including phenoxy) is 1. The van der Waals surface area contributed by atoms with Gasteiger partial charge in [0.05, 0.1) is 16.8 Å². The summed E-state index contributed by atoms with van der Waals surface area (Å²) in [5.74, 6) is -0.651. The van der Waals surface area contributed by atoms with Gasteiger partial charge in [-0.25, -0.2) is 4.79 Å². The van der Waals surface area contributed by atoms with Crippen molar-refractivity contribution < 1.29 is 13.9 Å². The van der Waals surface area contributed by atoms with Crippen LogP contribution < -0.4 is 10.4 Å². The van der Waals surface area contributed by atoms with Crippen molar-refractivity contribution in [3.63, 3.8) is 0 Å². The number of hydrogen-bond acceptors (Lipinski definition) is 5. The number of carbonyl (C=O) groups excluding carboxylic acids is 1. The molecule has 33 heavy (non-hydrogen) atoms. The summed E-state index contributed by atoms with van der Waals surface area (Å²) >= 11 is 7.49. The molecule has 0 aliphatic heterocycles. The van der Waals surface area contributed by atoms with Gasteiger partial charge in [-0.05, 0) is 48.0 Å². The van der Waals surface area contributed by atoms with Crippen molar-refractivity contribution in [1.82, 2.24) is 4.57 Å². The van der Waals surface area contributed by atoms with Crippen LogP contribution >= 0.6 is 22.9 Å². The maximum atomic E-state index is 13.1. The molecule has 2 aromatic heterocycles. The van der Waals surface area contributed by atoms with Crippen LogP contribution in [0.3, 0.4) is 0 Å². The summed E-state index contributed by atoms with van der Waals surface area (Å²) < 4.78 is 13.8. The lowest BCUT2D eigenvalue weighted by Gasteiger charge is -2.06. The monoisotopic (exact) mass is 478 g/mol. The van der Waals surface area contributed by atoms with E-state index in [0.29, 0.717) is 40.6 Å². The number of nitrogens with zero attached hydrogens (tertiary/aromatic N) is 2. The summed E-state index contributed by atoms with van der Waals surface area (Å²) in [5, 5.41) is 3.18. The van der Waals surface area contributed by atoms with Crippen LogP contribution in [0.5, 0.6) is 0 Å². The van der Waals surface area contributed by atoms with Crippen LogP contribution in [0, 0.1) is 0 Å². The Labute approximate surface area is 197 Å². The number of halogens is 1. The van der Waals surface area contributed by atoms with Crippen molar-refractivity contribution in [3.05, 3.63) is 86.5 Å². The van der Waals surface area contributed by atoms with Crippen molar-refractivity contribution in [3.8, 4) is 0 Å². The van der Waals surface area contributed by atoms with Gasteiger partial charge >= 0.3 is 5.63 Å². The maximum Gasteiger partial charge on any atom is 0.349 e. The average molecular weight is 479 g/mol. The Hall–Kier alpha value is -3.26. The smallest absolute Gasteiger partial charge is 0.349 e. The summed E-state index contributed by atoms with van der Waals surface area (Å²) in [6.07, 6.45) is 0. The minimum absolute atomic E-state index is 0.106. The number of thiazole rings is 1. The Morgan fingerprint density at radius 3 is 2.82 bits per heavy atom. The molecule has 1 amide bonds. The Balaban J connectivity index is 1.66. The first-order valence-electron chi connectivity index (χ1n) is 10.5. The summed E-state index contributed by atoms with van der Waals surface area (Å²) in [6.45, 7) is 3.49. The number of amides is 1. The van der Waals surface area contributed by atoms with Gasteiger partial charge in [-0.15, -0.1) is 0 Å². The molecule has 0 bridgehead atoms. The van der Waals surface area contributed by atoms with Crippen LogP contribution in [0.15, 0.2) is 74.9 Å². The van der Waals surface area contributed by atoms with E-state index in [1.54, 1.807) is 18.2 Å². The van der Waals surface area contributed by atoms with Gasteiger partial charge in [0.25, 0.3) is 5.91 Å². The molecule has 0 fully saturated rings. The van der Waals surface area contributed by atoms with E-state index < -0.39 is 11.5 Å². The molecule has 5 rings (SSSR count). The van der Waals surface area contributed by atoms with Crippen molar-refractivity contribution in [1.29, 1.82) is 0 Å². The van der Waals surface area contributed by atoms with E-state index in [0.717, 1.165) is 21.0 Å².